The fourth-order valence-electron chi connectivity index (χ4n) is 1.16. The second-order valence-electron chi connectivity index (χ2n) is 3.02. The minimum atomic E-state index is -1.46. The van der Waals surface area contributed by atoms with Crippen molar-refractivity contribution in [1.29, 1.82) is 5.26 Å². The Labute approximate surface area is 87.3 Å². The maximum absolute atomic E-state index is 9.53. The van der Waals surface area contributed by atoms with Gasteiger partial charge in [-0.25, -0.2) is 0 Å². The van der Waals surface area contributed by atoms with E-state index in [-0.39, 0.29) is 0 Å². The molecule has 2 unspecified atom stereocenters. The smallest absolute Gasteiger partial charge is 0.170 e. The van der Waals surface area contributed by atoms with Crippen LogP contribution in [0.1, 0.15) is 11.7 Å². The molecule has 0 spiro atoms. The molecule has 0 heterocycles. The second kappa shape index (κ2) is 4.64. The molecule has 5 nitrogen and oxygen atoms in total. The number of methoxy groups -OCH3 is 1. The minimum Gasteiger partial charge on any atom is -0.495 e. The molecule has 15 heavy (non-hydrogen) atoms. The van der Waals surface area contributed by atoms with E-state index in [0.29, 0.717) is 17.0 Å². The number of nitrogen functional groups attached to an aromatic ring is 1. The second-order valence-corrected chi connectivity index (χ2v) is 3.02. The number of nitriles is 1. The molecule has 0 amide bonds. The molecule has 1 aromatic carbocycles. The summed E-state index contributed by atoms with van der Waals surface area (Å²) in [5, 5.41) is 27.1. The molecule has 0 bridgehead atoms. The highest BCUT2D eigenvalue weighted by atomic mass is 16.5. The maximum atomic E-state index is 9.53. The molecular formula is C10H12N2O3. The first-order valence-corrected chi connectivity index (χ1v) is 4.29. The summed E-state index contributed by atoms with van der Waals surface area (Å²) in [6.45, 7) is 0. The van der Waals surface area contributed by atoms with Crippen molar-refractivity contribution in [2.24, 2.45) is 0 Å². The molecule has 5 heteroatoms. The third-order valence-corrected chi connectivity index (χ3v) is 2.03. The van der Waals surface area contributed by atoms with Gasteiger partial charge in [0.25, 0.3) is 0 Å². The topological polar surface area (TPSA) is 99.5 Å². The predicted molar refractivity (Wildman–Crippen MR) is 54.0 cm³/mol. The van der Waals surface area contributed by atoms with Crippen LogP contribution in [-0.2, 0) is 0 Å². The molecule has 4 N–H and O–H groups in total. The summed E-state index contributed by atoms with van der Waals surface area (Å²) < 4.78 is 4.95. The first-order chi connectivity index (χ1) is 7.10. The fraction of sp³-hybridized carbons (Fsp3) is 0.300. The summed E-state index contributed by atoms with van der Waals surface area (Å²) in [4.78, 5) is 0. The molecule has 0 fully saturated rings. The molecule has 1 rings (SSSR count). The van der Waals surface area contributed by atoms with Gasteiger partial charge in [0.2, 0.25) is 0 Å². The lowest BCUT2D eigenvalue weighted by atomic mass is 10.0. The van der Waals surface area contributed by atoms with Crippen LogP contribution in [0.5, 0.6) is 5.75 Å². The average Bonchev–Trinajstić information content (AvgIpc) is 2.27. The third-order valence-electron chi connectivity index (χ3n) is 2.03. The Morgan fingerprint density at radius 2 is 2.13 bits per heavy atom. The van der Waals surface area contributed by atoms with Crippen molar-refractivity contribution in [2.75, 3.05) is 12.8 Å². The van der Waals surface area contributed by atoms with Gasteiger partial charge in [-0.1, -0.05) is 6.07 Å². The van der Waals surface area contributed by atoms with E-state index in [1.807, 2.05) is 0 Å². The van der Waals surface area contributed by atoms with Gasteiger partial charge in [-0.2, -0.15) is 5.26 Å². The maximum Gasteiger partial charge on any atom is 0.170 e. The van der Waals surface area contributed by atoms with Gasteiger partial charge < -0.3 is 20.7 Å². The molecule has 0 aromatic heterocycles. The quantitative estimate of drug-likeness (QED) is 0.486. The summed E-state index contributed by atoms with van der Waals surface area (Å²) in [6.07, 6.45) is -2.72. The predicted octanol–water partition coefficient (Wildman–Crippen LogP) is 0.195. The van der Waals surface area contributed by atoms with Gasteiger partial charge in [0.15, 0.2) is 6.10 Å². The Morgan fingerprint density at radius 3 is 2.67 bits per heavy atom. The van der Waals surface area contributed by atoms with Crippen molar-refractivity contribution in [1.82, 2.24) is 0 Å². The van der Waals surface area contributed by atoms with Crippen molar-refractivity contribution in [2.45, 2.75) is 12.2 Å². The van der Waals surface area contributed by atoms with Crippen molar-refractivity contribution in [3.63, 3.8) is 0 Å². The molecule has 0 aliphatic carbocycles. The van der Waals surface area contributed by atoms with Gasteiger partial charge in [0, 0.05) is 0 Å². The third kappa shape index (κ3) is 2.37. The highest BCUT2D eigenvalue weighted by molar-refractivity contribution is 5.54. The zero-order chi connectivity index (χ0) is 11.4. The Hall–Kier alpha value is -1.77. The number of hydrogen-bond donors (Lipinski definition) is 3. The SMILES string of the molecule is COc1cc(C(O)C(O)C#N)ccc1N. The van der Waals surface area contributed by atoms with E-state index in [4.69, 9.17) is 20.8 Å². The first kappa shape index (κ1) is 11.3. The van der Waals surface area contributed by atoms with Crippen LogP contribution in [-0.4, -0.2) is 23.4 Å². The molecule has 0 saturated carbocycles. The van der Waals surface area contributed by atoms with Crippen LogP contribution < -0.4 is 10.5 Å². The molecule has 0 aliphatic heterocycles. The Balaban J connectivity index is 3.01. The van der Waals surface area contributed by atoms with Gasteiger partial charge in [-0.3, -0.25) is 0 Å². The van der Waals surface area contributed by atoms with E-state index in [0.717, 1.165) is 0 Å². The van der Waals surface area contributed by atoms with E-state index in [9.17, 15) is 5.11 Å². The largest absolute Gasteiger partial charge is 0.495 e. The standard InChI is InChI=1S/C10H12N2O3/c1-15-9-4-6(2-3-7(9)12)10(14)8(13)5-11/h2-4,8,10,13-14H,12H2,1H3. The van der Waals surface area contributed by atoms with Crippen molar-refractivity contribution in [3.8, 4) is 11.8 Å². The number of benzene rings is 1. The molecule has 1 aromatic rings. The van der Waals surface area contributed by atoms with Crippen molar-refractivity contribution in [3.05, 3.63) is 23.8 Å². The van der Waals surface area contributed by atoms with Gasteiger partial charge in [-0.15, -0.1) is 0 Å². The molecule has 0 aliphatic rings. The summed E-state index contributed by atoms with van der Waals surface area (Å²) in [7, 11) is 1.45. The van der Waals surface area contributed by atoms with Crippen LogP contribution in [0.15, 0.2) is 18.2 Å². The van der Waals surface area contributed by atoms with E-state index >= 15 is 0 Å². The zero-order valence-electron chi connectivity index (χ0n) is 8.21. The lowest BCUT2D eigenvalue weighted by Gasteiger charge is -2.13. The van der Waals surface area contributed by atoms with Crippen LogP contribution in [0.2, 0.25) is 0 Å². The monoisotopic (exact) mass is 208 g/mol. The molecule has 0 saturated heterocycles. The fourth-order valence-corrected chi connectivity index (χ4v) is 1.16. The van der Waals surface area contributed by atoms with Crippen LogP contribution in [0.25, 0.3) is 0 Å². The summed E-state index contributed by atoms with van der Waals surface area (Å²) in [5.74, 6) is 0.400. The highest BCUT2D eigenvalue weighted by Gasteiger charge is 2.18. The van der Waals surface area contributed by atoms with Crippen molar-refractivity contribution >= 4 is 5.69 Å². The van der Waals surface area contributed by atoms with Crippen LogP contribution in [0.3, 0.4) is 0 Å². The number of hydrogen-bond acceptors (Lipinski definition) is 5. The Bertz CT molecular complexity index is 387. The highest BCUT2D eigenvalue weighted by Crippen LogP contribution is 2.26. The summed E-state index contributed by atoms with van der Waals surface area (Å²) in [6, 6.07) is 6.11. The zero-order valence-corrected chi connectivity index (χ0v) is 8.21. The van der Waals surface area contributed by atoms with Gasteiger partial charge in [0.1, 0.15) is 11.9 Å². The number of aliphatic hydroxyl groups excluding tert-OH is 2. The number of aliphatic hydroxyl groups is 2. The van der Waals surface area contributed by atoms with Gasteiger partial charge >= 0.3 is 0 Å². The number of rotatable bonds is 3. The van der Waals surface area contributed by atoms with E-state index in [2.05, 4.69) is 0 Å². The number of anilines is 1. The van der Waals surface area contributed by atoms with Gasteiger partial charge in [-0.05, 0) is 17.7 Å². The Morgan fingerprint density at radius 1 is 1.47 bits per heavy atom. The minimum absolute atomic E-state index is 0.384. The summed E-state index contributed by atoms with van der Waals surface area (Å²) in [5.41, 5.74) is 6.39. The molecule has 0 radical (unpaired) electrons. The normalized spacial score (nSPS) is 14.0. The van der Waals surface area contributed by atoms with Crippen molar-refractivity contribution < 1.29 is 14.9 Å². The van der Waals surface area contributed by atoms with Crippen LogP contribution in [0.4, 0.5) is 5.69 Å². The number of nitrogens with two attached hydrogens (primary N) is 1. The first-order valence-electron chi connectivity index (χ1n) is 4.29. The van der Waals surface area contributed by atoms with E-state index in [1.54, 1.807) is 12.1 Å². The Kier molecular flexibility index (Phi) is 3.50. The average molecular weight is 208 g/mol. The molecule has 2 atom stereocenters. The number of ether oxygens (including phenoxy) is 1. The number of nitrogens with zero attached hydrogens (tertiary/aromatic N) is 1. The van der Waals surface area contributed by atoms with Gasteiger partial charge in [0.05, 0.1) is 18.9 Å². The lowest BCUT2D eigenvalue weighted by Crippen LogP contribution is -2.15. The van der Waals surface area contributed by atoms with Crippen LogP contribution >= 0.6 is 0 Å². The van der Waals surface area contributed by atoms with E-state index < -0.39 is 12.2 Å². The summed E-state index contributed by atoms with van der Waals surface area (Å²) >= 11 is 0. The molecular weight excluding hydrogens is 196 g/mol. The van der Waals surface area contributed by atoms with E-state index in [1.165, 1.54) is 19.2 Å². The van der Waals surface area contributed by atoms with Crippen LogP contribution in [0, 0.1) is 11.3 Å². The molecule has 80 valence electrons. The lowest BCUT2D eigenvalue weighted by molar-refractivity contribution is 0.0527.